The van der Waals surface area contributed by atoms with Crippen LogP contribution in [0.2, 0.25) is 0 Å². The van der Waals surface area contributed by atoms with Gasteiger partial charge in [-0.2, -0.15) is 0 Å². The van der Waals surface area contributed by atoms with Crippen LogP contribution in [0.25, 0.3) is 0 Å². The minimum atomic E-state index is 0.586. The van der Waals surface area contributed by atoms with Crippen molar-refractivity contribution in [2.24, 2.45) is 29.4 Å². The number of rotatable bonds is 2. The normalized spacial score (nSPS) is 50.5. The Morgan fingerprint density at radius 2 is 1.55 bits per heavy atom. The van der Waals surface area contributed by atoms with E-state index in [2.05, 4.69) is 0 Å². The smallest absolute Gasteiger partial charge is 0.00958 e. The Morgan fingerprint density at radius 3 is 2.09 bits per heavy atom. The van der Waals surface area contributed by atoms with E-state index in [9.17, 15) is 0 Å². The molecule has 0 aromatic carbocycles. The van der Waals surface area contributed by atoms with Gasteiger partial charge in [0, 0.05) is 6.04 Å². The molecule has 0 amide bonds. The monoisotopic (exact) mass is 151 g/mol. The molecular weight excluding hydrogens is 134 g/mol. The summed E-state index contributed by atoms with van der Waals surface area (Å²) in [5, 5.41) is 0. The molecule has 62 valence electrons. The van der Waals surface area contributed by atoms with Crippen LogP contribution in [-0.2, 0) is 0 Å². The Bertz CT molecular complexity index is 164. The van der Waals surface area contributed by atoms with Gasteiger partial charge in [-0.05, 0) is 55.8 Å². The van der Waals surface area contributed by atoms with Crippen molar-refractivity contribution in [3.8, 4) is 0 Å². The lowest BCUT2D eigenvalue weighted by atomic mass is 9.92. The highest BCUT2D eigenvalue weighted by Crippen LogP contribution is 2.56. The van der Waals surface area contributed by atoms with Gasteiger partial charge in [0.1, 0.15) is 0 Å². The molecule has 1 heteroatoms. The maximum absolute atomic E-state index is 6.17. The molecule has 3 saturated carbocycles. The van der Waals surface area contributed by atoms with E-state index < -0.39 is 0 Å². The Labute approximate surface area is 68.3 Å². The summed E-state index contributed by atoms with van der Waals surface area (Å²) in [7, 11) is 0. The van der Waals surface area contributed by atoms with E-state index in [1.54, 1.807) is 0 Å². The van der Waals surface area contributed by atoms with Gasteiger partial charge >= 0.3 is 0 Å². The summed E-state index contributed by atoms with van der Waals surface area (Å²) in [6.07, 6.45) is 7.33. The predicted octanol–water partition coefficient (Wildman–Crippen LogP) is 1.77. The largest absolute Gasteiger partial charge is 0.327 e. The van der Waals surface area contributed by atoms with Crippen LogP contribution in [0.5, 0.6) is 0 Å². The van der Waals surface area contributed by atoms with Crippen molar-refractivity contribution < 1.29 is 0 Å². The fourth-order valence-corrected chi connectivity index (χ4v) is 2.94. The molecule has 3 fully saturated rings. The van der Waals surface area contributed by atoms with E-state index in [4.69, 9.17) is 5.73 Å². The second kappa shape index (κ2) is 2.01. The van der Waals surface area contributed by atoms with Gasteiger partial charge in [-0.25, -0.2) is 0 Å². The molecule has 3 atom stereocenters. The lowest BCUT2D eigenvalue weighted by molar-refractivity contribution is 0.364. The van der Waals surface area contributed by atoms with Crippen molar-refractivity contribution in [2.75, 3.05) is 0 Å². The number of hydrogen-bond acceptors (Lipinski definition) is 1. The number of hydrogen-bond donors (Lipinski definition) is 1. The minimum absolute atomic E-state index is 0.586. The van der Waals surface area contributed by atoms with E-state index in [0.717, 1.165) is 23.7 Å². The molecule has 0 aromatic rings. The molecule has 0 aliphatic heterocycles. The second-order valence-corrected chi connectivity index (χ2v) is 4.90. The third-order valence-corrected chi connectivity index (χ3v) is 3.99. The highest BCUT2D eigenvalue weighted by Gasteiger charge is 2.49. The maximum atomic E-state index is 6.17. The first-order chi connectivity index (χ1) is 5.34. The molecule has 0 heterocycles. The van der Waals surface area contributed by atoms with Gasteiger partial charge in [0.25, 0.3) is 0 Å². The Morgan fingerprint density at radius 1 is 0.909 bits per heavy atom. The Kier molecular flexibility index (Phi) is 1.18. The van der Waals surface area contributed by atoms with Crippen molar-refractivity contribution in [2.45, 2.75) is 38.1 Å². The zero-order valence-electron chi connectivity index (χ0n) is 7.00. The predicted molar refractivity (Wildman–Crippen MR) is 45.0 cm³/mol. The number of nitrogens with two attached hydrogens (primary N) is 1. The molecule has 0 saturated heterocycles. The van der Waals surface area contributed by atoms with Crippen LogP contribution in [0.3, 0.4) is 0 Å². The molecule has 11 heavy (non-hydrogen) atoms. The minimum Gasteiger partial charge on any atom is -0.327 e. The summed E-state index contributed by atoms with van der Waals surface area (Å²) >= 11 is 0. The first-order valence-electron chi connectivity index (χ1n) is 5.10. The van der Waals surface area contributed by atoms with Crippen LogP contribution < -0.4 is 5.73 Å². The Balaban J connectivity index is 1.61. The number of fused-ring (bicyclic) bond motifs is 1. The van der Waals surface area contributed by atoms with Gasteiger partial charge in [0.15, 0.2) is 0 Å². The fraction of sp³-hybridized carbons (Fsp3) is 1.00. The molecule has 0 aromatic heterocycles. The highest BCUT2D eigenvalue weighted by molar-refractivity contribution is 5.01. The van der Waals surface area contributed by atoms with E-state index in [0.29, 0.717) is 6.04 Å². The third-order valence-electron chi connectivity index (χ3n) is 3.99. The zero-order valence-corrected chi connectivity index (χ0v) is 7.00. The quantitative estimate of drug-likeness (QED) is 0.639. The first kappa shape index (κ1) is 6.47. The molecule has 3 unspecified atom stereocenters. The highest BCUT2D eigenvalue weighted by atomic mass is 14.7. The SMILES string of the molecule is NC(C1CC1)C1CC2CC2C1. The van der Waals surface area contributed by atoms with E-state index >= 15 is 0 Å². The van der Waals surface area contributed by atoms with Gasteiger partial charge in [0.2, 0.25) is 0 Å². The van der Waals surface area contributed by atoms with E-state index in [-0.39, 0.29) is 0 Å². The molecule has 3 rings (SSSR count). The molecule has 3 aliphatic carbocycles. The summed E-state index contributed by atoms with van der Waals surface area (Å²) in [6.45, 7) is 0. The molecule has 0 spiro atoms. The first-order valence-corrected chi connectivity index (χ1v) is 5.10. The third kappa shape index (κ3) is 1.01. The van der Waals surface area contributed by atoms with Crippen LogP contribution in [0.1, 0.15) is 32.1 Å². The topological polar surface area (TPSA) is 26.0 Å². The van der Waals surface area contributed by atoms with Crippen molar-refractivity contribution in [1.29, 1.82) is 0 Å². The van der Waals surface area contributed by atoms with Crippen LogP contribution in [0.15, 0.2) is 0 Å². The van der Waals surface area contributed by atoms with Gasteiger partial charge in [-0.15, -0.1) is 0 Å². The summed E-state index contributed by atoms with van der Waals surface area (Å²) in [5.74, 6) is 4.08. The summed E-state index contributed by atoms with van der Waals surface area (Å²) < 4.78 is 0. The summed E-state index contributed by atoms with van der Waals surface area (Å²) in [4.78, 5) is 0. The molecule has 2 N–H and O–H groups in total. The van der Waals surface area contributed by atoms with Crippen LogP contribution in [0.4, 0.5) is 0 Å². The van der Waals surface area contributed by atoms with Gasteiger partial charge < -0.3 is 5.73 Å². The lowest BCUT2D eigenvalue weighted by Crippen LogP contribution is -2.31. The van der Waals surface area contributed by atoms with Gasteiger partial charge in [-0.3, -0.25) is 0 Å². The average molecular weight is 151 g/mol. The van der Waals surface area contributed by atoms with Crippen molar-refractivity contribution in [1.82, 2.24) is 0 Å². The second-order valence-electron chi connectivity index (χ2n) is 4.90. The zero-order chi connectivity index (χ0) is 7.42. The molecule has 3 aliphatic rings. The van der Waals surface area contributed by atoms with Crippen LogP contribution in [-0.4, -0.2) is 6.04 Å². The molecule has 0 bridgehead atoms. The standard InChI is InChI=1S/C10H17N/c11-10(6-1-2-6)9-4-7-3-8(7)5-9/h6-10H,1-5,11H2. The maximum Gasteiger partial charge on any atom is 0.00958 e. The average Bonchev–Trinajstić information content (AvgIpc) is 2.90. The van der Waals surface area contributed by atoms with Crippen LogP contribution in [0, 0.1) is 23.7 Å². The molecule has 1 nitrogen and oxygen atoms in total. The van der Waals surface area contributed by atoms with Crippen LogP contribution >= 0.6 is 0 Å². The van der Waals surface area contributed by atoms with Crippen molar-refractivity contribution in [3.63, 3.8) is 0 Å². The van der Waals surface area contributed by atoms with Crippen molar-refractivity contribution in [3.05, 3.63) is 0 Å². The molecular formula is C10H17N. The van der Waals surface area contributed by atoms with Gasteiger partial charge in [-0.1, -0.05) is 0 Å². The van der Waals surface area contributed by atoms with E-state index in [1.165, 1.54) is 32.1 Å². The molecule has 0 radical (unpaired) electrons. The van der Waals surface area contributed by atoms with Crippen molar-refractivity contribution >= 4 is 0 Å². The summed E-state index contributed by atoms with van der Waals surface area (Å²) in [5.41, 5.74) is 6.17. The summed E-state index contributed by atoms with van der Waals surface area (Å²) in [6, 6.07) is 0.586. The van der Waals surface area contributed by atoms with Gasteiger partial charge in [0.05, 0.1) is 0 Å². The lowest BCUT2D eigenvalue weighted by Gasteiger charge is -2.19. The Hall–Kier alpha value is -0.0400. The fourth-order valence-electron chi connectivity index (χ4n) is 2.94. The van der Waals surface area contributed by atoms with E-state index in [1.807, 2.05) is 0 Å².